The average Bonchev–Trinajstić information content (AvgIpc) is 2.85. The monoisotopic (exact) mass is 266 g/mol. The lowest BCUT2D eigenvalue weighted by molar-refractivity contribution is -0.0140. The van der Waals surface area contributed by atoms with E-state index in [1.54, 1.807) is 0 Å². The molecule has 0 radical (unpaired) electrons. The first kappa shape index (κ1) is 13.8. The van der Waals surface area contributed by atoms with Crippen LogP contribution >= 0.6 is 0 Å². The van der Waals surface area contributed by atoms with E-state index in [2.05, 4.69) is 17.6 Å². The van der Waals surface area contributed by atoms with Crippen molar-refractivity contribution < 1.29 is 4.74 Å². The van der Waals surface area contributed by atoms with E-state index in [1.165, 1.54) is 57.9 Å². The largest absolute Gasteiger partial charge is 0.378 e. The summed E-state index contributed by atoms with van der Waals surface area (Å²) in [6.45, 7) is 4.21. The second-order valence-corrected chi connectivity index (χ2v) is 6.67. The molecule has 110 valence electrons. The van der Waals surface area contributed by atoms with Crippen molar-refractivity contribution in [3.63, 3.8) is 0 Å². The van der Waals surface area contributed by atoms with Gasteiger partial charge in [0.1, 0.15) is 0 Å². The standard InChI is InChI=1S/C16H30N2O/c1-2-19-13-10-12(11-13)18-16-8-5-6-14(16)15-7-3-4-9-17-15/h12-18H,2-11H2,1H3. The summed E-state index contributed by atoms with van der Waals surface area (Å²) >= 11 is 0. The first-order valence-corrected chi connectivity index (χ1v) is 8.48. The minimum absolute atomic E-state index is 0.537. The average molecular weight is 266 g/mol. The summed E-state index contributed by atoms with van der Waals surface area (Å²) in [6.07, 6.45) is 11.4. The molecule has 3 fully saturated rings. The van der Waals surface area contributed by atoms with Gasteiger partial charge in [0, 0.05) is 24.7 Å². The van der Waals surface area contributed by atoms with E-state index in [1.807, 2.05) is 0 Å². The van der Waals surface area contributed by atoms with Gasteiger partial charge in [-0.3, -0.25) is 0 Å². The first-order chi connectivity index (χ1) is 9.36. The Morgan fingerprint density at radius 3 is 2.74 bits per heavy atom. The summed E-state index contributed by atoms with van der Waals surface area (Å²) in [4.78, 5) is 0. The molecule has 0 aromatic carbocycles. The van der Waals surface area contributed by atoms with Crippen LogP contribution in [0.25, 0.3) is 0 Å². The van der Waals surface area contributed by atoms with Crippen molar-refractivity contribution in [2.24, 2.45) is 5.92 Å². The van der Waals surface area contributed by atoms with Crippen molar-refractivity contribution >= 4 is 0 Å². The van der Waals surface area contributed by atoms with E-state index >= 15 is 0 Å². The Labute approximate surface area is 117 Å². The number of ether oxygens (including phenoxy) is 1. The molecular formula is C16H30N2O. The summed E-state index contributed by atoms with van der Waals surface area (Å²) in [6, 6.07) is 2.28. The molecule has 0 aromatic heterocycles. The van der Waals surface area contributed by atoms with Gasteiger partial charge < -0.3 is 15.4 Å². The van der Waals surface area contributed by atoms with Crippen molar-refractivity contribution in [1.82, 2.24) is 10.6 Å². The Balaban J connectivity index is 1.44. The highest BCUT2D eigenvalue weighted by Gasteiger charge is 2.38. The number of rotatable bonds is 5. The zero-order chi connectivity index (χ0) is 13.1. The van der Waals surface area contributed by atoms with E-state index in [-0.39, 0.29) is 0 Å². The molecule has 1 heterocycles. The van der Waals surface area contributed by atoms with Crippen LogP contribution in [-0.4, -0.2) is 37.4 Å². The first-order valence-electron chi connectivity index (χ1n) is 8.48. The minimum atomic E-state index is 0.537. The van der Waals surface area contributed by atoms with Crippen LogP contribution in [0.15, 0.2) is 0 Å². The number of nitrogens with one attached hydrogen (secondary N) is 2. The molecule has 3 nitrogen and oxygen atoms in total. The van der Waals surface area contributed by atoms with Gasteiger partial charge in [0.05, 0.1) is 6.10 Å². The maximum Gasteiger partial charge on any atom is 0.0604 e. The number of piperidine rings is 1. The van der Waals surface area contributed by atoms with Gasteiger partial charge in [-0.25, -0.2) is 0 Å². The maximum atomic E-state index is 5.66. The molecule has 3 aliphatic rings. The second kappa shape index (κ2) is 6.55. The molecule has 2 aliphatic carbocycles. The molecule has 3 rings (SSSR count). The van der Waals surface area contributed by atoms with Gasteiger partial charge in [0.15, 0.2) is 0 Å². The summed E-state index contributed by atoms with van der Waals surface area (Å²) in [7, 11) is 0. The van der Waals surface area contributed by atoms with E-state index in [0.29, 0.717) is 6.10 Å². The lowest BCUT2D eigenvalue weighted by atomic mass is 9.84. The van der Waals surface area contributed by atoms with Crippen LogP contribution in [0.3, 0.4) is 0 Å². The van der Waals surface area contributed by atoms with Crippen LogP contribution in [0.4, 0.5) is 0 Å². The van der Waals surface area contributed by atoms with Crippen molar-refractivity contribution in [1.29, 1.82) is 0 Å². The lowest BCUT2D eigenvalue weighted by Gasteiger charge is -2.40. The third kappa shape index (κ3) is 3.32. The Kier molecular flexibility index (Phi) is 4.78. The van der Waals surface area contributed by atoms with Gasteiger partial charge in [-0.1, -0.05) is 12.8 Å². The maximum absolute atomic E-state index is 5.66. The van der Waals surface area contributed by atoms with E-state index in [9.17, 15) is 0 Å². The molecule has 3 atom stereocenters. The molecule has 19 heavy (non-hydrogen) atoms. The smallest absolute Gasteiger partial charge is 0.0604 e. The molecule has 0 amide bonds. The highest BCUT2D eigenvalue weighted by atomic mass is 16.5. The fourth-order valence-electron chi connectivity index (χ4n) is 4.30. The van der Waals surface area contributed by atoms with Gasteiger partial charge in [-0.15, -0.1) is 0 Å². The van der Waals surface area contributed by atoms with Crippen molar-refractivity contribution in [3.8, 4) is 0 Å². The normalized spacial score (nSPS) is 43.1. The highest BCUT2D eigenvalue weighted by Crippen LogP contribution is 2.34. The van der Waals surface area contributed by atoms with Gasteiger partial charge in [0.25, 0.3) is 0 Å². The SMILES string of the molecule is CCOC1CC(NC2CCCC2C2CCCCN2)C1. The molecule has 2 N–H and O–H groups in total. The number of hydrogen-bond donors (Lipinski definition) is 2. The predicted octanol–water partition coefficient (Wildman–Crippen LogP) is 2.45. The number of hydrogen-bond acceptors (Lipinski definition) is 3. The zero-order valence-electron chi connectivity index (χ0n) is 12.4. The Hall–Kier alpha value is -0.120. The highest BCUT2D eigenvalue weighted by molar-refractivity contribution is 4.96. The van der Waals surface area contributed by atoms with E-state index in [4.69, 9.17) is 4.74 Å². The van der Waals surface area contributed by atoms with Crippen LogP contribution < -0.4 is 10.6 Å². The van der Waals surface area contributed by atoms with E-state index in [0.717, 1.165) is 30.7 Å². The second-order valence-electron chi connectivity index (χ2n) is 6.67. The molecule has 3 heteroatoms. The van der Waals surface area contributed by atoms with Gasteiger partial charge in [-0.05, 0) is 57.9 Å². The third-order valence-electron chi connectivity index (χ3n) is 5.38. The molecule has 0 bridgehead atoms. The summed E-state index contributed by atoms with van der Waals surface area (Å²) in [5.41, 5.74) is 0. The quantitative estimate of drug-likeness (QED) is 0.802. The summed E-state index contributed by atoms with van der Waals surface area (Å²) in [5.74, 6) is 0.881. The Bertz CT molecular complexity index is 272. The van der Waals surface area contributed by atoms with Gasteiger partial charge in [0.2, 0.25) is 0 Å². The summed E-state index contributed by atoms with van der Waals surface area (Å²) < 4.78 is 5.66. The van der Waals surface area contributed by atoms with Crippen LogP contribution in [0.2, 0.25) is 0 Å². The van der Waals surface area contributed by atoms with E-state index < -0.39 is 0 Å². The third-order valence-corrected chi connectivity index (χ3v) is 5.38. The van der Waals surface area contributed by atoms with Crippen molar-refractivity contribution in [3.05, 3.63) is 0 Å². The predicted molar refractivity (Wildman–Crippen MR) is 78.3 cm³/mol. The molecule has 0 spiro atoms. The van der Waals surface area contributed by atoms with Gasteiger partial charge >= 0.3 is 0 Å². The molecule has 2 saturated carbocycles. The zero-order valence-corrected chi connectivity index (χ0v) is 12.4. The Morgan fingerprint density at radius 1 is 1.11 bits per heavy atom. The fourth-order valence-corrected chi connectivity index (χ4v) is 4.30. The summed E-state index contributed by atoms with van der Waals surface area (Å²) in [5, 5.41) is 7.70. The minimum Gasteiger partial charge on any atom is -0.378 e. The molecular weight excluding hydrogens is 236 g/mol. The fraction of sp³-hybridized carbons (Fsp3) is 1.00. The molecule has 0 aromatic rings. The van der Waals surface area contributed by atoms with Crippen LogP contribution in [0.1, 0.15) is 58.3 Å². The molecule has 3 unspecified atom stereocenters. The van der Waals surface area contributed by atoms with Crippen molar-refractivity contribution in [2.75, 3.05) is 13.2 Å². The molecule has 1 aliphatic heterocycles. The molecule has 1 saturated heterocycles. The van der Waals surface area contributed by atoms with Crippen LogP contribution in [0, 0.1) is 5.92 Å². The van der Waals surface area contributed by atoms with Crippen LogP contribution in [0.5, 0.6) is 0 Å². The van der Waals surface area contributed by atoms with Gasteiger partial charge in [-0.2, -0.15) is 0 Å². The van der Waals surface area contributed by atoms with Crippen molar-refractivity contribution in [2.45, 2.75) is 82.5 Å². The Morgan fingerprint density at radius 2 is 2.00 bits per heavy atom. The van der Waals surface area contributed by atoms with Crippen LogP contribution in [-0.2, 0) is 4.74 Å². The topological polar surface area (TPSA) is 33.3 Å². The lowest BCUT2D eigenvalue weighted by Crippen LogP contribution is -2.53.